The molecule has 2 heteroatoms. The largest absolute Gasteiger partial charge is 0.387 e. The highest BCUT2D eigenvalue weighted by atomic mass is 16.3. The predicted octanol–water partition coefficient (Wildman–Crippen LogP) is 1.56. The van der Waals surface area contributed by atoms with Gasteiger partial charge < -0.3 is 10.8 Å². The van der Waals surface area contributed by atoms with Gasteiger partial charge in [-0.25, -0.2) is 0 Å². The van der Waals surface area contributed by atoms with Crippen molar-refractivity contribution in [1.29, 1.82) is 0 Å². The van der Waals surface area contributed by atoms with Crippen molar-refractivity contribution in [2.45, 2.75) is 31.8 Å². The van der Waals surface area contributed by atoms with E-state index >= 15 is 0 Å². The number of aryl methyl sites for hydroxylation is 1. The van der Waals surface area contributed by atoms with Crippen LogP contribution in [0.1, 0.15) is 35.6 Å². The number of aliphatic hydroxyl groups excluding tert-OH is 1. The van der Waals surface area contributed by atoms with E-state index in [1.165, 1.54) is 24.0 Å². The second kappa shape index (κ2) is 4.11. The third-order valence-electron chi connectivity index (χ3n) is 3.01. The van der Waals surface area contributed by atoms with E-state index in [0.29, 0.717) is 6.54 Å². The molecule has 0 heterocycles. The van der Waals surface area contributed by atoms with Gasteiger partial charge in [-0.15, -0.1) is 0 Å². The maximum Gasteiger partial charge on any atom is 0.0914 e. The molecule has 1 unspecified atom stereocenters. The summed E-state index contributed by atoms with van der Waals surface area (Å²) < 4.78 is 0. The lowest BCUT2D eigenvalue weighted by molar-refractivity contribution is 0.185. The molecule has 2 rings (SSSR count). The molecular formula is C12H17NO. The molecule has 1 aromatic carbocycles. The molecule has 0 spiro atoms. The summed E-state index contributed by atoms with van der Waals surface area (Å²) in [7, 11) is 0. The zero-order valence-corrected chi connectivity index (χ0v) is 8.37. The fraction of sp³-hybridized carbons (Fsp3) is 0.500. The van der Waals surface area contributed by atoms with Crippen LogP contribution in [0.15, 0.2) is 18.2 Å². The molecule has 0 bridgehead atoms. The Labute approximate surface area is 84.7 Å². The Morgan fingerprint density at radius 1 is 1.29 bits per heavy atom. The Balaban J connectivity index is 2.39. The van der Waals surface area contributed by atoms with Gasteiger partial charge in [0.2, 0.25) is 0 Å². The van der Waals surface area contributed by atoms with Crippen LogP contribution >= 0.6 is 0 Å². The number of benzene rings is 1. The molecule has 14 heavy (non-hydrogen) atoms. The summed E-state index contributed by atoms with van der Waals surface area (Å²) in [5.74, 6) is 0. The molecule has 76 valence electrons. The van der Waals surface area contributed by atoms with Gasteiger partial charge >= 0.3 is 0 Å². The van der Waals surface area contributed by atoms with E-state index < -0.39 is 6.10 Å². The van der Waals surface area contributed by atoms with Crippen molar-refractivity contribution < 1.29 is 5.11 Å². The third kappa shape index (κ3) is 1.68. The van der Waals surface area contributed by atoms with Crippen molar-refractivity contribution in [1.82, 2.24) is 0 Å². The normalized spacial score (nSPS) is 17.6. The van der Waals surface area contributed by atoms with Gasteiger partial charge in [-0.05, 0) is 42.4 Å². The summed E-state index contributed by atoms with van der Waals surface area (Å²) in [6, 6.07) is 6.20. The maximum absolute atomic E-state index is 9.76. The first-order valence-corrected chi connectivity index (χ1v) is 5.31. The molecule has 0 saturated carbocycles. The van der Waals surface area contributed by atoms with Crippen LogP contribution in [0, 0.1) is 0 Å². The molecule has 0 aromatic heterocycles. The summed E-state index contributed by atoms with van der Waals surface area (Å²) in [5, 5.41) is 9.76. The van der Waals surface area contributed by atoms with Crippen molar-refractivity contribution in [2.75, 3.05) is 6.54 Å². The highest BCUT2D eigenvalue weighted by Gasteiger charge is 2.16. The van der Waals surface area contributed by atoms with Crippen molar-refractivity contribution in [3.05, 3.63) is 34.9 Å². The summed E-state index contributed by atoms with van der Waals surface area (Å²) in [6.07, 6.45) is 4.28. The van der Waals surface area contributed by atoms with Gasteiger partial charge in [0.25, 0.3) is 0 Å². The molecule has 0 fully saturated rings. The first kappa shape index (κ1) is 9.69. The van der Waals surface area contributed by atoms with E-state index in [-0.39, 0.29) is 0 Å². The first-order valence-electron chi connectivity index (χ1n) is 5.31. The topological polar surface area (TPSA) is 46.2 Å². The van der Waals surface area contributed by atoms with E-state index in [2.05, 4.69) is 6.07 Å². The monoisotopic (exact) mass is 191 g/mol. The average molecular weight is 191 g/mol. The van der Waals surface area contributed by atoms with Crippen LogP contribution in [-0.4, -0.2) is 11.7 Å². The van der Waals surface area contributed by atoms with Crippen LogP contribution in [0.2, 0.25) is 0 Å². The molecule has 1 atom stereocenters. The van der Waals surface area contributed by atoms with Gasteiger partial charge in [-0.2, -0.15) is 0 Å². The minimum Gasteiger partial charge on any atom is -0.387 e. The molecular weight excluding hydrogens is 174 g/mol. The van der Waals surface area contributed by atoms with Gasteiger partial charge in [-0.1, -0.05) is 18.2 Å². The Kier molecular flexibility index (Phi) is 2.85. The second-order valence-corrected chi connectivity index (χ2v) is 3.94. The lowest BCUT2D eigenvalue weighted by atomic mass is 9.86. The first-order chi connectivity index (χ1) is 6.83. The minimum absolute atomic E-state index is 0.316. The van der Waals surface area contributed by atoms with Gasteiger partial charge in [0.15, 0.2) is 0 Å². The Bertz CT molecular complexity index is 322. The molecule has 1 aliphatic rings. The summed E-state index contributed by atoms with van der Waals surface area (Å²) in [6.45, 7) is 0.316. The van der Waals surface area contributed by atoms with E-state index in [1.807, 2.05) is 12.1 Å². The van der Waals surface area contributed by atoms with Crippen molar-refractivity contribution in [2.24, 2.45) is 5.73 Å². The lowest BCUT2D eigenvalue weighted by Gasteiger charge is -2.21. The standard InChI is InChI=1S/C12H17NO/c13-8-12(14)11-7-3-5-9-4-1-2-6-10(9)11/h3,5,7,12,14H,1-2,4,6,8,13H2. The molecule has 1 aromatic rings. The molecule has 0 amide bonds. The Morgan fingerprint density at radius 3 is 2.86 bits per heavy atom. The number of rotatable bonds is 2. The fourth-order valence-electron chi connectivity index (χ4n) is 2.25. The number of hydrogen-bond donors (Lipinski definition) is 2. The van der Waals surface area contributed by atoms with Crippen LogP contribution in [0.5, 0.6) is 0 Å². The van der Waals surface area contributed by atoms with E-state index in [1.54, 1.807) is 0 Å². The highest BCUT2D eigenvalue weighted by molar-refractivity contribution is 5.38. The zero-order valence-electron chi connectivity index (χ0n) is 8.37. The fourth-order valence-corrected chi connectivity index (χ4v) is 2.25. The van der Waals surface area contributed by atoms with Crippen LogP contribution in [-0.2, 0) is 12.8 Å². The van der Waals surface area contributed by atoms with Gasteiger partial charge in [0.1, 0.15) is 0 Å². The number of nitrogens with two attached hydrogens (primary N) is 1. The van der Waals surface area contributed by atoms with Crippen LogP contribution in [0.3, 0.4) is 0 Å². The van der Waals surface area contributed by atoms with Gasteiger partial charge in [0, 0.05) is 6.54 Å². The molecule has 0 saturated heterocycles. The Hall–Kier alpha value is -0.860. The predicted molar refractivity (Wildman–Crippen MR) is 57.1 cm³/mol. The van der Waals surface area contributed by atoms with Gasteiger partial charge in [0.05, 0.1) is 6.10 Å². The molecule has 3 N–H and O–H groups in total. The van der Waals surface area contributed by atoms with Gasteiger partial charge in [-0.3, -0.25) is 0 Å². The summed E-state index contributed by atoms with van der Waals surface area (Å²) >= 11 is 0. The SMILES string of the molecule is NCC(O)c1cccc2c1CCCC2. The van der Waals surface area contributed by atoms with Crippen LogP contribution in [0.25, 0.3) is 0 Å². The van der Waals surface area contributed by atoms with Crippen molar-refractivity contribution in [3.8, 4) is 0 Å². The zero-order chi connectivity index (χ0) is 9.97. The maximum atomic E-state index is 9.76. The van der Waals surface area contributed by atoms with Crippen LogP contribution < -0.4 is 5.73 Å². The number of aliphatic hydroxyl groups is 1. The van der Waals surface area contributed by atoms with Crippen molar-refractivity contribution in [3.63, 3.8) is 0 Å². The molecule has 0 radical (unpaired) electrons. The second-order valence-electron chi connectivity index (χ2n) is 3.94. The van der Waals surface area contributed by atoms with E-state index in [0.717, 1.165) is 18.4 Å². The van der Waals surface area contributed by atoms with Crippen LogP contribution in [0.4, 0.5) is 0 Å². The van der Waals surface area contributed by atoms with E-state index in [9.17, 15) is 5.11 Å². The molecule has 0 aliphatic heterocycles. The minimum atomic E-state index is -0.483. The summed E-state index contributed by atoms with van der Waals surface area (Å²) in [5.41, 5.74) is 9.28. The average Bonchev–Trinajstić information content (AvgIpc) is 2.27. The summed E-state index contributed by atoms with van der Waals surface area (Å²) in [4.78, 5) is 0. The lowest BCUT2D eigenvalue weighted by Crippen LogP contribution is -2.16. The molecule has 2 nitrogen and oxygen atoms in total. The third-order valence-corrected chi connectivity index (χ3v) is 3.01. The quantitative estimate of drug-likeness (QED) is 0.745. The number of hydrogen-bond acceptors (Lipinski definition) is 2. The molecule has 1 aliphatic carbocycles. The highest BCUT2D eigenvalue weighted by Crippen LogP contribution is 2.27. The van der Waals surface area contributed by atoms with E-state index in [4.69, 9.17) is 5.73 Å². The Morgan fingerprint density at radius 2 is 2.07 bits per heavy atom. The number of fused-ring (bicyclic) bond motifs is 1. The smallest absolute Gasteiger partial charge is 0.0914 e. The van der Waals surface area contributed by atoms with Crippen molar-refractivity contribution >= 4 is 0 Å².